The first-order chi connectivity index (χ1) is 15.0. The summed E-state index contributed by atoms with van der Waals surface area (Å²) in [6.07, 6.45) is 19.5. The molecular weight excluding hydrogens is 386 g/mol. The summed E-state index contributed by atoms with van der Waals surface area (Å²) in [6, 6.07) is 1.70. The van der Waals surface area contributed by atoms with Crippen molar-refractivity contribution in [1.82, 2.24) is 20.0 Å². The van der Waals surface area contributed by atoms with Crippen LogP contribution in [0.2, 0.25) is 0 Å². The minimum absolute atomic E-state index is 0.167. The first-order valence-electron chi connectivity index (χ1n) is 10.9. The minimum Gasteiger partial charge on any atom is -0.397 e. The molecule has 1 aliphatic rings. The summed E-state index contributed by atoms with van der Waals surface area (Å²) in [5, 5.41) is 7.18. The number of hydrogen-bond donors (Lipinski definition) is 2. The molecule has 0 fully saturated rings. The van der Waals surface area contributed by atoms with Gasteiger partial charge in [0.1, 0.15) is 0 Å². The molecule has 0 atom stereocenters. The molecule has 1 aromatic rings. The van der Waals surface area contributed by atoms with Gasteiger partial charge < -0.3 is 16.0 Å². The van der Waals surface area contributed by atoms with Crippen LogP contribution in [0.15, 0.2) is 84.0 Å². The van der Waals surface area contributed by atoms with Crippen LogP contribution in [0.25, 0.3) is 5.70 Å². The van der Waals surface area contributed by atoms with Crippen molar-refractivity contribution in [2.75, 3.05) is 13.1 Å². The zero-order valence-corrected chi connectivity index (χ0v) is 19.0. The predicted octanol–water partition coefficient (Wildman–Crippen LogP) is 5.13. The first kappa shape index (κ1) is 24.0. The van der Waals surface area contributed by atoms with Gasteiger partial charge in [0.05, 0.1) is 11.4 Å². The lowest BCUT2D eigenvalue weighted by Gasteiger charge is -2.19. The number of urea groups is 1. The van der Waals surface area contributed by atoms with Crippen molar-refractivity contribution in [2.45, 2.75) is 46.5 Å². The first-order valence-corrected chi connectivity index (χ1v) is 10.9. The molecule has 0 radical (unpaired) electrons. The number of nitrogens with one attached hydrogen (secondary N) is 1. The van der Waals surface area contributed by atoms with Crippen molar-refractivity contribution in [1.29, 1.82) is 0 Å². The number of rotatable bonds is 10. The van der Waals surface area contributed by atoms with Gasteiger partial charge in [0.15, 0.2) is 0 Å². The van der Waals surface area contributed by atoms with Gasteiger partial charge in [-0.1, -0.05) is 57.6 Å². The lowest BCUT2D eigenvalue weighted by atomic mass is 10.1. The van der Waals surface area contributed by atoms with Crippen LogP contribution in [0, 0.1) is 0 Å². The second-order valence-electron chi connectivity index (χ2n) is 7.49. The van der Waals surface area contributed by atoms with Gasteiger partial charge in [-0.25, -0.2) is 9.48 Å². The molecule has 1 aromatic heterocycles. The van der Waals surface area contributed by atoms with Gasteiger partial charge in [0, 0.05) is 31.2 Å². The highest BCUT2D eigenvalue weighted by Gasteiger charge is 2.23. The summed E-state index contributed by atoms with van der Waals surface area (Å²) >= 11 is 0. The van der Waals surface area contributed by atoms with Gasteiger partial charge in [-0.2, -0.15) is 5.10 Å². The van der Waals surface area contributed by atoms with Gasteiger partial charge in [-0.05, 0) is 49.1 Å². The monoisotopic (exact) mass is 421 g/mol. The third-order valence-electron chi connectivity index (χ3n) is 5.04. The van der Waals surface area contributed by atoms with E-state index in [-0.39, 0.29) is 6.03 Å². The predicted molar refractivity (Wildman–Crippen MR) is 129 cm³/mol. The van der Waals surface area contributed by atoms with E-state index in [9.17, 15) is 4.79 Å². The third-order valence-corrected chi connectivity index (χ3v) is 5.04. The van der Waals surface area contributed by atoms with Crippen LogP contribution in [0.4, 0.5) is 4.79 Å². The summed E-state index contributed by atoms with van der Waals surface area (Å²) in [6.45, 7) is 11.2. The van der Waals surface area contributed by atoms with Crippen molar-refractivity contribution in [3.63, 3.8) is 0 Å². The van der Waals surface area contributed by atoms with Gasteiger partial charge in [-0.3, -0.25) is 0 Å². The molecule has 3 N–H and O–H groups in total. The molecule has 6 nitrogen and oxygen atoms in total. The molecule has 0 spiro atoms. The number of carbonyl (C=O) groups is 1. The van der Waals surface area contributed by atoms with Gasteiger partial charge >= 0.3 is 6.03 Å². The average Bonchev–Trinajstić information content (AvgIpc) is 3.44. The Labute approximate surface area is 186 Å². The highest BCUT2D eigenvalue weighted by Crippen LogP contribution is 2.20. The Hall–Kier alpha value is -3.28. The number of unbranched alkanes of at least 4 members (excludes halogenated alkanes) is 2. The summed E-state index contributed by atoms with van der Waals surface area (Å²) < 4.78 is 1.76. The maximum Gasteiger partial charge on any atom is 0.322 e. The Morgan fingerprint density at radius 1 is 1.29 bits per heavy atom. The van der Waals surface area contributed by atoms with Gasteiger partial charge in [0.25, 0.3) is 0 Å². The molecule has 31 heavy (non-hydrogen) atoms. The fourth-order valence-corrected chi connectivity index (χ4v) is 3.21. The second-order valence-corrected chi connectivity index (χ2v) is 7.49. The molecule has 2 amide bonds. The maximum atomic E-state index is 12.9. The largest absolute Gasteiger partial charge is 0.397 e. The molecule has 0 unspecified atom stereocenters. The molecule has 0 aliphatic carbocycles. The lowest BCUT2D eigenvalue weighted by molar-refractivity contribution is 0.213. The van der Waals surface area contributed by atoms with Crippen molar-refractivity contribution >= 4 is 11.7 Å². The molecule has 2 rings (SSSR count). The van der Waals surface area contributed by atoms with Gasteiger partial charge in [0.2, 0.25) is 0 Å². The Kier molecular flexibility index (Phi) is 9.62. The average molecular weight is 422 g/mol. The molecule has 6 heteroatoms. The highest BCUT2D eigenvalue weighted by molar-refractivity contribution is 5.79. The van der Waals surface area contributed by atoms with Crippen molar-refractivity contribution < 1.29 is 4.79 Å². The van der Waals surface area contributed by atoms with E-state index in [1.807, 2.05) is 44.3 Å². The Morgan fingerprint density at radius 3 is 2.71 bits per heavy atom. The van der Waals surface area contributed by atoms with E-state index >= 15 is 0 Å². The number of aromatic nitrogens is 2. The molecule has 0 aromatic carbocycles. The van der Waals surface area contributed by atoms with Crippen LogP contribution in [0.1, 0.15) is 46.5 Å². The van der Waals surface area contributed by atoms with Crippen LogP contribution in [0.5, 0.6) is 0 Å². The van der Waals surface area contributed by atoms with E-state index in [2.05, 4.69) is 36.1 Å². The van der Waals surface area contributed by atoms with Crippen LogP contribution in [-0.4, -0.2) is 33.8 Å². The van der Waals surface area contributed by atoms with Crippen molar-refractivity contribution in [3.8, 4) is 0 Å². The van der Waals surface area contributed by atoms with Crippen molar-refractivity contribution in [2.24, 2.45) is 5.73 Å². The maximum absolute atomic E-state index is 12.9. The van der Waals surface area contributed by atoms with E-state index in [1.54, 1.807) is 21.9 Å². The Morgan fingerprint density at radius 2 is 2.06 bits per heavy atom. The number of amides is 2. The van der Waals surface area contributed by atoms with E-state index < -0.39 is 0 Å². The fraction of sp³-hybridized carbons (Fsp3) is 0.360. The molecule has 0 bridgehead atoms. The molecule has 1 aliphatic heterocycles. The number of carbonyl (C=O) groups excluding carboxylic acids is 1. The van der Waals surface area contributed by atoms with Crippen LogP contribution in [0.3, 0.4) is 0 Å². The summed E-state index contributed by atoms with van der Waals surface area (Å²) in [7, 11) is 0. The Bertz CT molecular complexity index is 900. The van der Waals surface area contributed by atoms with Crippen molar-refractivity contribution in [3.05, 3.63) is 84.0 Å². The quantitative estimate of drug-likeness (QED) is 0.406. The molecule has 0 saturated heterocycles. The third kappa shape index (κ3) is 7.17. The number of nitrogens with two attached hydrogens (primary N) is 1. The van der Waals surface area contributed by atoms with Gasteiger partial charge in [-0.15, -0.1) is 0 Å². The van der Waals surface area contributed by atoms with E-state index in [4.69, 9.17) is 5.73 Å². The molecule has 166 valence electrons. The highest BCUT2D eigenvalue weighted by atomic mass is 16.2. The van der Waals surface area contributed by atoms with E-state index in [0.29, 0.717) is 24.5 Å². The summed E-state index contributed by atoms with van der Waals surface area (Å²) in [4.78, 5) is 14.7. The zero-order valence-electron chi connectivity index (χ0n) is 19.0. The fourth-order valence-electron chi connectivity index (χ4n) is 3.21. The zero-order chi connectivity index (χ0) is 22.6. The molecule has 2 heterocycles. The number of nitrogens with zero attached hydrogens (tertiary/aromatic N) is 3. The van der Waals surface area contributed by atoms with Crippen LogP contribution < -0.4 is 11.1 Å². The summed E-state index contributed by atoms with van der Waals surface area (Å²) in [5.41, 5.74) is 10.5. The van der Waals surface area contributed by atoms with Crippen LogP contribution >= 0.6 is 0 Å². The minimum atomic E-state index is -0.167. The van der Waals surface area contributed by atoms with E-state index in [1.165, 1.54) is 12.8 Å². The molecular formula is C25H35N5O. The lowest BCUT2D eigenvalue weighted by Crippen LogP contribution is -2.39. The number of allylic oxidation sites excluding steroid dienone is 5. The second kappa shape index (κ2) is 12.4. The standard InChI is InChI=1S/C25H35N5O/c1-5-8-9-10-13-22-19-29(18-21(22)7-3)25(31)28-24(12-6-2)23(26)15-14-20(4)30-17-11-16-27-30/h7,10-17H,3,5-6,8-9,18-19,26H2,1-2,4H3,(H,28,31)/b13-10-,20-14+,23-15+,24-12-. The van der Waals surface area contributed by atoms with E-state index in [0.717, 1.165) is 29.7 Å². The SMILES string of the molecule is C=CC1=C(/C=C\CCCC)CN(C(=O)NC(=C\CC)/C(N)=C\C=C(/C)n2cccn2)C1. The smallest absolute Gasteiger partial charge is 0.322 e. The van der Waals surface area contributed by atoms with Crippen LogP contribution in [-0.2, 0) is 0 Å². The Balaban J connectivity index is 2.05. The summed E-state index contributed by atoms with van der Waals surface area (Å²) in [5.74, 6) is 0. The molecule has 0 saturated carbocycles. The number of hydrogen-bond acceptors (Lipinski definition) is 3. The normalized spacial score (nSPS) is 15.8. The topological polar surface area (TPSA) is 76.2 Å².